The largest absolute Gasteiger partial charge is 0.352 e. The highest BCUT2D eigenvalue weighted by molar-refractivity contribution is 7.07. The molecule has 4 rings (SSSR count). The van der Waals surface area contributed by atoms with Gasteiger partial charge in [0.25, 0.3) is 5.91 Å². The molecule has 1 N–H and O–H groups in total. The maximum absolute atomic E-state index is 12.7. The topological polar surface area (TPSA) is 51.1 Å². The number of hydrogen-bond donors (Lipinski definition) is 1. The van der Waals surface area contributed by atoms with Crippen LogP contribution in [-0.4, -0.2) is 17.0 Å². The van der Waals surface area contributed by atoms with Crippen molar-refractivity contribution >= 4 is 28.8 Å². The first kappa shape index (κ1) is 22.1. The zero-order chi connectivity index (χ0) is 22.3. The molecule has 6 heteroatoms. The lowest BCUT2D eigenvalue weighted by Gasteiger charge is -2.10. The van der Waals surface area contributed by atoms with Crippen molar-refractivity contribution in [1.29, 1.82) is 0 Å². The third kappa shape index (κ3) is 5.36. The average molecular weight is 463 g/mol. The SMILES string of the molecule is O=C(NCCCCc1ccccc1)c1cccc(-c2csc(=O)n2-c2cccc(Cl)c2)c1. The highest BCUT2D eigenvalue weighted by Crippen LogP contribution is 2.25. The lowest BCUT2D eigenvalue weighted by Crippen LogP contribution is -2.24. The normalized spacial score (nSPS) is 10.8. The van der Waals surface area contributed by atoms with Crippen LogP contribution in [0.15, 0.2) is 89.0 Å². The molecular weight excluding hydrogens is 440 g/mol. The zero-order valence-electron chi connectivity index (χ0n) is 17.5. The van der Waals surface area contributed by atoms with Crippen LogP contribution in [0.3, 0.4) is 0 Å². The summed E-state index contributed by atoms with van der Waals surface area (Å²) in [6.45, 7) is 0.627. The van der Waals surface area contributed by atoms with Gasteiger partial charge >= 0.3 is 4.87 Å². The molecule has 1 heterocycles. The van der Waals surface area contributed by atoms with E-state index in [-0.39, 0.29) is 10.8 Å². The van der Waals surface area contributed by atoms with E-state index in [2.05, 4.69) is 17.4 Å². The van der Waals surface area contributed by atoms with E-state index < -0.39 is 0 Å². The number of aryl methyl sites for hydroxylation is 1. The van der Waals surface area contributed by atoms with E-state index in [0.29, 0.717) is 22.8 Å². The summed E-state index contributed by atoms with van der Waals surface area (Å²) in [5.74, 6) is -0.113. The Morgan fingerprint density at radius 3 is 2.56 bits per heavy atom. The Morgan fingerprint density at radius 2 is 1.75 bits per heavy atom. The molecule has 0 bridgehead atoms. The maximum Gasteiger partial charge on any atom is 0.312 e. The monoisotopic (exact) mass is 462 g/mol. The number of carbonyl (C=O) groups excluding carboxylic acids is 1. The van der Waals surface area contributed by atoms with Gasteiger partial charge in [0, 0.05) is 28.1 Å². The summed E-state index contributed by atoms with van der Waals surface area (Å²) in [6, 6.07) is 24.9. The van der Waals surface area contributed by atoms with Crippen molar-refractivity contribution in [3.63, 3.8) is 0 Å². The van der Waals surface area contributed by atoms with Crippen molar-refractivity contribution in [2.75, 3.05) is 6.54 Å². The fourth-order valence-corrected chi connectivity index (χ4v) is 4.54. The minimum Gasteiger partial charge on any atom is -0.352 e. The van der Waals surface area contributed by atoms with Crippen molar-refractivity contribution < 1.29 is 4.79 Å². The molecule has 0 saturated carbocycles. The molecule has 0 spiro atoms. The number of thiazole rings is 1. The van der Waals surface area contributed by atoms with Crippen LogP contribution in [0.5, 0.6) is 0 Å². The molecule has 0 unspecified atom stereocenters. The van der Waals surface area contributed by atoms with Gasteiger partial charge in [0.05, 0.1) is 11.4 Å². The van der Waals surface area contributed by atoms with Crippen molar-refractivity contribution in [3.8, 4) is 16.9 Å². The van der Waals surface area contributed by atoms with Gasteiger partial charge in [0.2, 0.25) is 0 Å². The Morgan fingerprint density at radius 1 is 0.938 bits per heavy atom. The molecule has 0 atom stereocenters. The van der Waals surface area contributed by atoms with Gasteiger partial charge in [-0.05, 0) is 55.2 Å². The van der Waals surface area contributed by atoms with Gasteiger partial charge in [0.1, 0.15) is 0 Å². The quantitative estimate of drug-likeness (QED) is 0.328. The minimum absolute atomic E-state index is 0.101. The standard InChI is InChI=1S/C26H23ClN2O2S/c27-22-13-7-14-23(17-22)29-24(18-32-26(29)31)20-11-6-12-21(16-20)25(30)28-15-5-4-10-19-8-2-1-3-9-19/h1-3,6-9,11-14,16-18H,4-5,10,15H2,(H,28,30). The Hall–Kier alpha value is -3.15. The highest BCUT2D eigenvalue weighted by atomic mass is 35.5. The van der Waals surface area contributed by atoms with Crippen LogP contribution in [0.25, 0.3) is 16.9 Å². The van der Waals surface area contributed by atoms with E-state index in [0.717, 1.165) is 41.9 Å². The number of benzene rings is 3. The number of halogens is 1. The molecule has 0 fully saturated rings. The maximum atomic E-state index is 12.7. The predicted molar refractivity (Wildman–Crippen MR) is 132 cm³/mol. The van der Waals surface area contributed by atoms with E-state index in [1.54, 1.807) is 22.8 Å². The third-order valence-corrected chi connectivity index (χ3v) is 6.16. The number of carbonyl (C=O) groups is 1. The molecule has 0 aliphatic carbocycles. The van der Waals surface area contributed by atoms with Crippen molar-refractivity contribution in [3.05, 3.63) is 110 Å². The fraction of sp³-hybridized carbons (Fsp3) is 0.154. The van der Waals surface area contributed by atoms with Crippen LogP contribution in [0.4, 0.5) is 0 Å². The van der Waals surface area contributed by atoms with Gasteiger partial charge < -0.3 is 5.32 Å². The van der Waals surface area contributed by atoms with E-state index in [1.165, 1.54) is 5.56 Å². The molecule has 162 valence electrons. The first-order chi connectivity index (χ1) is 15.6. The summed E-state index contributed by atoms with van der Waals surface area (Å²) in [6.07, 6.45) is 2.94. The number of amides is 1. The summed E-state index contributed by atoms with van der Waals surface area (Å²) < 4.78 is 1.62. The number of rotatable bonds is 8. The van der Waals surface area contributed by atoms with Gasteiger partial charge in [0.15, 0.2) is 0 Å². The number of hydrogen-bond acceptors (Lipinski definition) is 3. The van der Waals surface area contributed by atoms with Gasteiger partial charge in [-0.25, -0.2) is 0 Å². The molecule has 0 radical (unpaired) electrons. The van der Waals surface area contributed by atoms with Gasteiger partial charge in [-0.15, -0.1) is 0 Å². The second-order valence-corrected chi connectivity index (χ2v) is 8.74. The molecule has 4 aromatic rings. The Kier molecular flexibility index (Phi) is 7.20. The molecule has 3 aromatic carbocycles. The Labute approximate surface area is 196 Å². The zero-order valence-corrected chi connectivity index (χ0v) is 19.0. The van der Waals surface area contributed by atoms with Crippen molar-refractivity contribution in [2.45, 2.75) is 19.3 Å². The van der Waals surface area contributed by atoms with Crippen molar-refractivity contribution in [2.24, 2.45) is 0 Å². The molecular formula is C26H23ClN2O2S. The number of nitrogens with zero attached hydrogens (tertiary/aromatic N) is 1. The van der Waals surface area contributed by atoms with Gasteiger partial charge in [-0.2, -0.15) is 0 Å². The Bertz CT molecular complexity index is 1260. The number of unbranched alkanes of at least 4 members (excludes halogenated alkanes) is 1. The number of aromatic nitrogens is 1. The first-order valence-electron chi connectivity index (χ1n) is 10.5. The van der Waals surface area contributed by atoms with Crippen LogP contribution < -0.4 is 10.2 Å². The number of nitrogens with one attached hydrogen (secondary N) is 1. The molecule has 1 aromatic heterocycles. The van der Waals surface area contributed by atoms with Crippen LogP contribution in [0.1, 0.15) is 28.8 Å². The Balaban J connectivity index is 1.43. The van der Waals surface area contributed by atoms with Crippen LogP contribution >= 0.6 is 22.9 Å². The molecule has 0 aliphatic heterocycles. The highest BCUT2D eigenvalue weighted by Gasteiger charge is 2.13. The van der Waals surface area contributed by atoms with Crippen LogP contribution in [-0.2, 0) is 6.42 Å². The summed E-state index contributed by atoms with van der Waals surface area (Å²) in [5.41, 5.74) is 4.13. The molecule has 4 nitrogen and oxygen atoms in total. The summed E-state index contributed by atoms with van der Waals surface area (Å²) in [5, 5.41) is 5.37. The van der Waals surface area contributed by atoms with Crippen molar-refractivity contribution in [1.82, 2.24) is 9.88 Å². The van der Waals surface area contributed by atoms with E-state index in [9.17, 15) is 9.59 Å². The molecule has 0 saturated heterocycles. The second-order valence-electron chi connectivity index (χ2n) is 7.48. The first-order valence-corrected chi connectivity index (χ1v) is 11.8. The smallest absolute Gasteiger partial charge is 0.312 e. The fourth-order valence-electron chi connectivity index (χ4n) is 3.59. The third-order valence-electron chi connectivity index (χ3n) is 5.20. The molecule has 0 aliphatic rings. The minimum atomic E-state index is -0.113. The van der Waals surface area contributed by atoms with E-state index in [4.69, 9.17) is 11.6 Å². The van der Waals surface area contributed by atoms with E-state index in [1.807, 2.05) is 53.9 Å². The second kappa shape index (κ2) is 10.4. The average Bonchev–Trinajstić information content (AvgIpc) is 3.21. The van der Waals surface area contributed by atoms with Gasteiger partial charge in [-0.3, -0.25) is 14.2 Å². The summed E-state index contributed by atoms with van der Waals surface area (Å²) in [4.78, 5) is 25.1. The predicted octanol–water partition coefficient (Wildman–Crippen LogP) is 5.97. The lowest BCUT2D eigenvalue weighted by atomic mass is 10.1. The van der Waals surface area contributed by atoms with E-state index >= 15 is 0 Å². The summed E-state index contributed by atoms with van der Waals surface area (Å²) in [7, 11) is 0. The lowest BCUT2D eigenvalue weighted by molar-refractivity contribution is 0.0953. The van der Waals surface area contributed by atoms with Crippen LogP contribution in [0, 0.1) is 0 Å². The summed E-state index contributed by atoms with van der Waals surface area (Å²) >= 11 is 7.24. The van der Waals surface area contributed by atoms with Crippen LogP contribution in [0.2, 0.25) is 5.02 Å². The molecule has 32 heavy (non-hydrogen) atoms. The molecule has 1 amide bonds. The van der Waals surface area contributed by atoms with Gasteiger partial charge in [-0.1, -0.05) is 71.5 Å².